The molecule has 0 radical (unpaired) electrons. The Hall–Kier alpha value is -0.610. The zero-order valence-corrected chi connectivity index (χ0v) is 10.9. The average Bonchev–Trinajstić information content (AvgIpc) is 2.25. The Labute approximate surface area is 98.6 Å². The van der Waals surface area contributed by atoms with Crippen molar-refractivity contribution in [1.29, 1.82) is 0 Å². The molecule has 0 fully saturated rings. The van der Waals surface area contributed by atoms with Crippen molar-refractivity contribution in [3.63, 3.8) is 0 Å². The van der Waals surface area contributed by atoms with Gasteiger partial charge in [0.05, 0.1) is 12.1 Å². The van der Waals surface area contributed by atoms with Crippen molar-refractivity contribution in [2.75, 3.05) is 6.54 Å². The number of hydrogen-bond acceptors (Lipinski definition) is 3. The second-order valence-electron chi connectivity index (χ2n) is 4.61. The van der Waals surface area contributed by atoms with Crippen LogP contribution in [-0.2, 0) is 4.79 Å². The number of aliphatic hydroxyl groups excluding tert-OH is 1. The van der Waals surface area contributed by atoms with Crippen LogP contribution in [0.5, 0.6) is 0 Å². The normalized spacial score (nSPS) is 18.6. The highest BCUT2D eigenvalue weighted by Crippen LogP contribution is 2.15. The van der Waals surface area contributed by atoms with E-state index >= 15 is 0 Å². The minimum Gasteiger partial charge on any atom is -0.391 e. The van der Waals surface area contributed by atoms with Gasteiger partial charge in [-0.2, -0.15) is 0 Å². The van der Waals surface area contributed by atoms with Crippen LogP contribution in [0.3, 0.4) is 0 Å². The first-order valence-electron chi connectivity index (χ1n) is 6.12. The first kappa shape index (κ1) is 15.4. The molecule has 96 valence electrons. The fourth-order valence-electron chi connectivity index (χ4n) is 1.54. The lowest BCUT2D eigenvalue weighted by Gasteiger charge is -2.25. The van der Waals surface area contributed by atoms with E-state index in [1.807, 2.05) is 6.92 Å². The molecule has 4 heteroatoms. The van der Waals surface area contributed by atoms with Crippen molar-refractivity contribution in [2.24, 2.45) is 17.6 Å². The lowest BCUT2D eigenvalue weighted by molar-refractivity contribution is -0.127. The highest BCUT2D eigenvalue weighted by molar-refractivity contribution is 5.78. The van der Waals surface area contributed by atoms with E-state index in [1.165, 1.54) is 0 Å². The second kappa shape index (κ2) is 7.63. The smallest absolute Gasteiger partial charge is 0.223 e. The quantitative estimate of drug-likeness (QED) is 0.608. The number of carbonyl (C=O) groups excluding carboxylic acids is 1. The van der Waals surface area contributed by atoms with Crippen molar-refractivity contribution in [2.45, 2.75) is 52.7 Å². The highest BCUT2D eigenvalue weighted by atomic mass is 16.3. The molecule has 0 aromatic heterocycles. The molecule has 16 heavy (non-hydrogen) atoms. The largest absolute Gasteiger partial charge is 0.391 e. The molecule has 0 aliphatic rings. The Kier molecular flexibility index (Phi) is 7.34. The molecular weight excluding hydrogens is 204 g/mol. The first-order valence-corrected chi connectivity index (χ1v) is 6.12. The van der Waals surface area contributed by atoms with Gasteiger partial charge in [0.15, 0.2) is 0 Å². The number of hydrogen-bond donors (Lipinski definition) is 3. The standard InChI is InChI=1S/C12H26N2O2/c1-5-8(2)9(3)12(16)14-11(6-7-13)10(4)15/h8-11,15H,5-7,13H2,1-4H3,(H,14,16). The van der Waals surface area contributed by atoms with Gasteiger partial charge in [0, 0.05) is 5.92 Å². The Morgan fingerprint density at radius 3 is 2.31 bits per heavy atom. The molecule has 0 heterocycles. The van der Waals surface area contributed by atoms with Crippen LogP contribution in [0.2, 0.25) is 0 Å². The summed E-state index contributed by atoms with van der Waals surface area (Å²) in [7, 11) is 0. The maximum Gasteiger partial charge on any atom is 0.223 e. The molecule has 0 aromatic rings. The van der Waals surface area contributed by atoms with Crippen LogP contribution in [-0.4, -0.2) is 29.7 Å². The van der Waals surface area contributed by atoms with Gasteiger partial charge < -0.3 is 16.2 Å². The van der Waals surface area contributed by atoms with Crippen LogP contribution in [0.4, 0.5) is 0 Å². The average molecular weight is 230 g/mol. The highest BCUT2D eigenvalue weighted by Gasteiger charge is 2.23. The van der Waals surface area contributed by atoms with Gasteiger partial charge in [-0.1, -0.05) is 27.2 Å². The zero-order chi connectivity index (χ0) is 12.7. The summed E-state index contributed by atoms with van der Waals surface area (Å²) in [5.74, 6) is 0.338. The minimum absolute atomic E-state index is 0.00806. The number of rotatable bonds is 7. The summed E-state index contributed by atoms with van der Waals surface area (Å²) in [6, 6.07) is -0.232. The van der Waals surface area contributed by atoms with E-state index in [9.17, 15) is 9.90 Å². The van der Waals surface area contributed by atoms with Gasteiger partial charge in [-0.05, 0) is 25.8 Å². The van der Waals surface area contributed by atoms with E-state index in [4.69, 9.17) is 5.73 Å². The van der Waals surface area contributed by atoms with Crippen molar-refractivity contribution < 1.29 is 9.90 Å². The first-order chi connectivity index (χ1) is 7.43. The van der Waals surface area contributed by atoms with Crippen LogP contribution in [0.1, 0.15) is 40.5 Å². The molecule has 0 spiro atoms. The molecule has 0 aliphatic carbocycles. The zero-order valence-electron chi connectivity index (χ0n) is 10.9. The third kappa shape index (κ3) is 4.94. The van der Waals surface area contributed by atoms with Gasteiger partial charge >= 0.3 is 0 Å². The predicted molar refractivity (Wildman–Crippen MR) is 65.9 cm³/mol. The van der Waals surface area contributed by atoms with E-state index in [1.54, 1.807) is 6.92 Å². The molecule has 4 nitrogen and oxygen atoms in total. The fourth-order valence-corrected chi connectivity index (χ4v) is 1.54. The molecule has 0 rings (SSSR count). The van der Waals surface area contributed by atoms with Crippen LogP contribution in [0.15, 0.2) is 0 Å². The van der Waals surface area contributed by atoms with Gasteiger partial charge in [-0.15, -0.1) is 0 Å². The van der Waals surface area contributed by atoms with Crippen LogP contribution < -0.4 is 11.1 Å². The third-order valence-corrected chi connectivity index (χ3v) is 3.30. The minimum atomic E-state index is -0.559. The van der Waals surface area contributed by atoms with E-state index in [2.05, 4.69) is 19.2 Å². The summed E-state index contributed by atoms with van der Waals surface area (Å²) in [5, 5.41) is 12.4. The molecule has 4 atom stereocenters. The molecule has 4 N–H and O–H groups in total. The molecular formula is C12H26N2O2. The predicted octanol–water partition coefficient (Wildman–Crippen LogP) is 0.883. The lowest BCUT2D eigenvalue weighted by atomic mass is 9.92. The molecule has 0 bridgehead atoms. The monoisotopic (exact) mass is 230 g/mol. The Balaban J connectivity index is 4.28. The van der Waals surface area contributed by atoms with Crippen molar-refractivity contribution in [3.05, 3.63) is 0 Å². The van der Waals surface area contributed by atoms with Gasteiger partial charge in [0.25, 0.3) is 0 Å². The van der Waals surface area contributed by atoms with Crippen molar-refractivity contribution in [1.82, 2.24) is 5.32 Å². The van der Waals surface area contributed by atoms with Crippen molar-refractivity contribution in [3.8, 4) is 0 Å². The topological polar surface area (TPSA) is 75.4 Å². The maximum absolute atomic E-state index is 11.9. The molecule has 1 amide bonds. The third-order valence-electron chi connectivity index (χ3n) is 3.30. The number of nitrogens with one attached hydrogen (secondary N) is 1. The summed E-state index contributed by atoms with van der Waals surface area (Å²) in [6.45, 7) is 8.19. The van der Waals surface area contributed by atoms with Gasteiger partial charge in [-0.25, -0.2) is 0 Å². The maximum atomic E-state index is 11.9. The second-order valence-corrected chi connectivity index (χ2v) is 4.61. The van der Waals surface area contributed by atoms with Crippen LogP contribution in [0, 0.1) is 11.8 Å². The Morgan fingerprint density at radius 1 is 1.38 bits per heavy atom. The number of aliphatic hydroxyl groups is 1. The van der Waals surface area contributed by atoms with Gasteiger partial charge in [0.2, 0.25) is 5.91 Å². The summed E-state index contributed by atoms with van der Waals surface area (Å²) in [4.78, 5) is 11.9. The summed E-state index contributed by atoms with van der Waals surface area (Å²) in [5.41, 5.74) is 5.44. The number of amides is 1. The molecule has 0 saturated carbocycles. The van der Waals surface area contributed by atoms with Gasteiger partial charge in [0.1, 0.15) is 0 Å². The van der Waals surface area contributed by atoms with E-state index in [0.717, 1.165) is 6.42 Å². The Bertz CT molecular complexity index is 207. The fraction of sp³-hybridized carbons (Fsp3) is 0.917. The Morgan fingerprint density at radius 2 is 1.94 bits per heavy atom. The van der Waals surface area contributed by atoms with Crippen molar-refractivity contribution >= 4 is 5.91 Å². The number of nitrogens with two attached hydrogens (primary N) is 1. The van der Waals surface area contributed by atoms with E-state index in [-0.39, 0.29) is 17.9 Å². The van der Waals surface area contributed by atoms with Crippen LogP contribution >= 0.6 is 0 Å². The van der Waals surface area contributed by atoms with Crippen LogP contribution in [0.25, 0.3) is 0 Å². The molecule has 4 unspecified atom stereocenters. The lowest BCUT2D eigenvalue weighted by Crippen LogP contribution is -2.46. The van der Waals surface area contributed by atoms with Gasteiger partial charge in [-0.3, -0.25) is 4.79 Å². The summed E-state index contributed by atoms with van der Waals surface area (Å²) in [6.07, 6.45) is 1.03. The molecule has 0 aromatic carbocycles. The van der Waals surface area contributed by atoms with E-state index < -0.39 is 6.10 Å². The summed E-state index contributed by atoms with van der Waals surface area (Å²) < 4.78 is 0. The molecule has 0 aliphatic heterocycles. The van der Waals surface area contributed by atoms with E-state index in [0.29, 0.717) is 18.9 Å². The SMILES string of the molecule is CCC(C)C(C)C(=O)NC(CCN)C(C)O. The number of carbonyl (C=O) groups is 1. The molecule has 0 saturated heterocycles. The summed E-state index contributed by atoms with van der Waals surface area (Å²) >= 11 is 0.